The maximum atomic E-state index is 11.3. The highest BCUT2D eigenvalue weighted by atomic mass is 16.5. The third-order valence-corrected chi connectivity index (χ3v) is 6.28. The zero-order valence-electron chi connectivity index (χ0n) is 16.8. The van der Waals surface area contributed by atoms with Crippen LogP contribution in [-0.4, -0.2) is 49.3 Å². The summed E-state index contributed by atoms with van der Waals surface area (Å²) in [7, 11) is 0. The number of nitrogens with zero attached hydrogens (tertiary/aromatic N) is 1. The van der Waals surface area contributed by atoms with Gasteiger partial charge < -0.3 is 20.1 Å². The van der Waals surface area contributed by atoms with E-state index in [-0.39, 0.29) is 11.3 Å². The second-order valence-electron chi connectivity index (χ2n) is 8.33. The molecule has 0 saturated carbocycles. The van der Waals surface area contributed by atoms with Gasteiger partial charge in [-0.2, -0.15) is 0 Å². The normalized spacial score (nSPS) is 21.3. The molecule has 0 spiro atoms. The molecule has 150 valence electrons. The Bertz CT molecular complexity index is 600. The number of benzene rings is 1. The molecule has 2 aliphatic heterocycles. The topological polar surface area (TPSA) is 64.8 Å². The third-order valence-electron chi connectivity index (χ3n) is 6.28. The molecule has 0 aromatic heterocycles. The lowest BCUT2D eigenvalue weighted by atomic mass is 9.71. The third kappa shape index (κ3) is 5.23. The highest BCUT2D eigenvalue weighted by molar-refractivity contribution is 5.73. The molecular weight excluding hydrogens is 340 g/mol. The number of likely N-dealkylation sites (tertiary alicyclic amines) is 1. The van der Waals surface area contributed by atoms with E-state index in [1.807, 2.05) is 0 Å². The van der Waals surface area contributed by atoms with Crippen molar-refractivity contribution in [2.45, 2.75) is 69.9 Å². The van der Waals surface area contributed by atoms with Gasteiger partial charge in [0.1, 0.15) is 11.9 Å². The van der Waals surface area contributed by atoms with E-state index in [1.54, 1.807) is 0 Å². The Morgan fingerprint density at radius 2 is 1.85 bits per heavy atom. The van der Waals surface area contributed by atoms with Crippen LogP contribution in [0.4, 0.5) is 0 Å². The molecule has 0 atom stereocenters. The monoisotopic (exact) mass is 374 g/mol. The SMILES string of the molecule is CC(C)N1CCC(Oc2ccc(C3(CCC(N)=O)CCOCC3)cc2)CC1. The second-order valence-corrected chi connectivity index (χ2v) is 8.33. The molecule has 2 N–H and O–H groups in total. The van der Waals surface area contributed by atoms with Gasteiger partial charge >= 0.3 is 0 Å². The highest BCUT2D eigenvalue weighted by Gasteiger charge is 2.34. The fourth-order valence-corrected chi connectivity index (χ4v) is 4.40. The van der Waals surface area contributed by atoms with Crippen molar-refractivity contribution in [3.63, 3.8) is 0 Å². The van der Waals surface area contributed by atoms with Crippen molar-refractivity contribution in [3.05, 3.63) is 29.8 Å². The van der Waals surface area contributed by atoms with Gasteiger partial charge in [-0.1, -0.05) is 12.1 Å². The van der Waals surface area contributed by atoms with E-state index in [0.29, 0.717) is 18.6 Å². The number of nitrogens with two attached hydrogens (primary N) is 1. The Morgan fingerprint density at radius 3 is 2.41 bits per heavy atom. The molecule has 5 nitrogen and oxygen atoms in total. The lowest BCUT2D eigenvalue weighted by Crippen LogP contribution is -2.41. The summed E-state index contributed by atoms with van der Waals surface area (Å²) < 4.78 is 11.8. The number of hydrogen-bond acceptors (Lipinski definition) is 4. The van der Waals surface area contributed by atoms with E-state index < -0.39 is 0 Å². The zero-order valence-corrected chi connectivity index (χ0v) is 16.8. The Balaban J connectivity index is 1.62. The maximum absolute atomic E-state index is 11.3. The number of primary amides is 1. The maximum Gasteiger partial charge on any atom is 0.217 e. The molecule has 1 amide bonds. The Hall–Kier alpha value is -1.59. The average molecular weight is 375 g/mol. The first kappa shape index (κ1) is 20.2. The quantitative estimate of drug-likeness (QED) is 0.796. The van der Waals surface area contributed by atoms with E-state index in [4.69, 9.17) is 15.2 Å². The van der Waals surface area contributed by atoms with Crippen LogP contribution in [0.2, 0.25) is 0 Å². The van der Waals surface area contributed by atoms with Gasteiger partial charge in [0.2, 0.25) is 5.91 Å². The lowest BCUT2D eigenvalue weighted by molar-refractivity contribution is -0.118. The second kappa shape index (κ2) is 9.07. The number of ether oxygens (including phenoxy) is 2. The van der Waals surface area contributed by atoms with Crippen LogP contribution in [0.1, 0.15) is 57.9 Å². The van der Waals surface area contributed by atoms with Crippen LogP contribution in [0, 0.1) is 0 Å². The molecule has 3 rings (SSSR count). The van der Waals surface area contributed by atoms with Gasteiger partial charge in [0.15, 0.2) is 0 Å². The van der Waals surface area contributed by atoms with Gasteiger partial charge in [-0.3, -0.25) is 4.79 Å². The van der Waals surface area contributed by atoms with Crippen molar-refractivity contribution >= 4 is 5.91 Å². The van der Waals surface area contributed by atoms with Crippen molar-refractivity contribution < 1.29 is 14.3 Å². The van der Waals surface area contributed by atoms with Crippen molar-refractivity contribution in [3.8, 4) is 5.75 Å². The van der Waals surface area contributed by atoms with Crippen LogP contribution in [0.25, 0.3) is 0 Å². The molecule has 0 radical (unpaired) electrons. The number of amides is 1. The van der Waals surface area contributed by atoms with Crippen molar-refractivity contribution in [1.82, 2.24) is 4.90 Å². The largest absolute Gasteiger partial charge is 0.490 e. The van der Waals surface area contributed by atoms with Crippen LogP contribution in [0.15, 0.2) is 24.3 Å². The molecule has 1 aromatic carbocycles. The summed E-state index contributed by atoms with van der Waals surface area (Å²) >= 11 is 0. The minimum atomic E-state index is -0.228. The van der Waals surface area contributed by atoms with Crippen molar-refractivity contribution in [2.24, 2.45) is 5.73 Å². The van der Waals surface area contributed by atoms with Gasteiger partial charge in [-0.05, 0) is 63.6 Å². The van der Waals surface area contributed by atoms with Crippen LogP contribution < -0.4 is 10.5 Å². The Labute approximate surface area is 163 Å². The zero-order chi connectivity index (χ0) is 19.3. The minimum absolute atomic E-state index is 0.00554. The smallest absolute Gasteiger partial charge is 0.217 e. The van der Waals surface area contributed by atoms with Crippen LogP contribution in [0.3, 0.4) is 0 Å². The first-order valence-corrected chi connectivity index (χ1v) is 10.4. The molecule has 2 saturated heterocycles. The molecule has 27 heavy (non-hydrogen) atoms. The number of rotatable bonds is 7. The first-order chi connectivity index (χ1) is 13.0. The Morgan fingerprint density at radius 1 is 1.22 bits per heavy atom. The summed E-state index contributed by atoms with van der Waals surface area (Å²) in [6, 6.07) is 9.13. The fourth-order valence-electron chi connectivity index (χ4n) is 4.40. The first-order valence-electron chi connectivity index (χ1n) is 10.4. The van der Waals surface area contributed by atoms with E-state index >= 15 is 0 Å². The fraction of sp³-hybridized carbons (Fsp3) is 0.682. The summed E-state index contributed by atoms with van der Waals surface area (Å²) in [5, 5.41) is 0. The molecule has 1 aromatic rings. The highest BCUT2D eigenvalue weighted by Crippen LogP contribution is 2.39. The average Bonchev–Trinajstić information content (AvgIpc) is 2.68. The molecular formula is C22H34N2O3. The van der Waals surface area contributed by atoms with Crippen LogP contribution >= 0.6 is 0 Å². The standard InChI is InChI=1S/C22H34N2O3/c1-17(2)24-13-8-20(9-14-24)27-19-5-3-18(4-6-19)22(10-7-21(23)25)11-15-26-16-12-22/h3-6,17,20H,7-16H2,1-2H3,(H2,23,25). The summed E-state index contributed by atoms with van der Waals surface area (Å²) in [6.07, 6.45) is 5.56. The number of hydrogen-bond donors (Lipinski definition) is 1. The van der Waals surface area contributed by atoms with Gasteiger partial charge in [0.05, 0.1) is 0 Å². The number of piperidine rings is 1. The van der Waals surface area contributed by atoms with Gasteiger partial charge in [0.25, 0.3) is 0 Å². The summed E-state index contributed by atoms with van der Waals surface area (Å²) in [5.41, 5.74) is 6.68. The number of carbonyl (C=O) groups excluding carboxylic acids is 1. The van der Waals surface area contributed by atoms with Gasteiger partial charge in [-0.15, -0.1) is 0 Å². The van der Waals surface area contributed by atoms with E-state index in [1.165, 1.54) is 5.56 Å². The summed E-state index contributed by atoms with van der Waals surface area (Å²) in [5.74, 6) is 0.715. The molecule has 0 bridgehead atoms. The summed E-state index contributed by atoms with van der Waals surface area (Å²) in [4.78, 5) is 13.8. The van der Waals surface area contributed by atoms with E-state index in [2.05, 4.69) is 43.0 Å². The van der Waals surface area contributed by atoms with Gasteiger partial charge in [-0.25, -0.2) is 0 Å². The number of carbonyl (C=O) groups is 1. The van der Waals surface area contributed by atoms with Crippen molar-refractivity contribution in [1.29, 1.82) is 0 Å². The van der Waals surface area contributed by atoms with E-state index in [0.717, 1.165) is 64.2 Å². The summed E-state index contributed by atoms with van der Waals surface area (Å²) in [6.45, 7) is 8.21. The lowest BCUT2D eigenvalue weighted by Gasteiger charge is -2.38. The molecule has 0 aliphatic carbocycles. The predicted molar refractivity (Wildman–Crippen MR) is 107 cm³/mol. The van der Waals surface area contributed by atoms with Gasteiger partial charge in [0, 0.05) is 44.2 Å². The molecule has 2 heterocycles. The predicted octanol–water partition coefficient (Wildman–Crippen LogP) is 3.25. The molecule has 0 unspecified atom stereocenters. The minimum Gasteiger partial charge on any atom is -0.490 e. The van der Waals surface area contributed by atoms with E-state index in [9.17, 15) is 4.79 Å². The molecule has 2 fully saturated rings. The molecule has 5 heteroatoms. The van der Waals surface area contributed by atoms with Crippen LogP contribution in [-0.2, 0) is 14.9 Å². The van der Waals surface area contributed by atoms with Crippen molar-refractivity contribution in [2.75, 3.05) is 26.3 Å². The van der Waals surface area contributed by atoms with Crippen LogP contribution in [0.5, 0.6) is 5.75 Å². The molecule has 2 aliphatic rings. The Kier molecular flexibility index (Phi) is 6.77.